The van der Waals surface area contributed by atoms with Crippen molar-refractivity contribution in [3.8, 4) is 11.3 Å². The Balaban J connectivity index is 1.92. The van der Waals surface area contributed by atoms with Gasteiger partial charge in [-0.3, -0.25) is 14.5 Å². The minimum atomic E-state index is 0.341. The van der Waals surface area contributed by atoms with Crippen LogP contribution in [-0.2, 0) is 17.8 Å². The minimum absolute atomic E-state index is 0.341. The number of ketones is 1. The molecule has 2 aliphatic rings. The fourth-order valence-corrected chi connectivity index (χ4v) is 3.10. The first-order valence-electron chi connectivity index (χ1n) is 7.26. The number of hydrogen-bond acceptors (Lipinski definition) is 3. The van der Waals surface area contributed by atoms with Crippen LogP contribution in [0.2, 0.25) is 0 Å². The molecule has 4 nitrogen and oxygen atoms in total. The quantitative estimate of drug-likeness (QED) is 0.840. The van der Waals surface area contributed by atoms with Crippen LogP contribution in [0.25, 0.3) is 11.3 Å². The summed E-state index contributed by atoms with van der Waals surface area (Å²) in [6.07, 6.45) is 7.33. The first-order chi connectivity index (χ1) is 9.74. The fourth-order valence-electron chi connectivity index (χ4n) is 3.10. The van der Waals surface area contributed by atoms with Crippen molar-refractivity contribution in [2.24, 2.45) is 0 Å². The maximum absolute atomic E-state index is 11.8. The van der Waals surface area contributed by atoms with E-state index in [-0.39, 0.29) is 0 Å². The SMILES string of the molecule is Cc1ccncc1-c1nn2c(c1C1CC1)CC(=O)CC2. The van der Waals surface area contributed by atoms with Gasteiger partial charge in [-0.15, -0.1) is 0 Å². The molecule has 0 saturated heterocycles. The maximum Gasteiger partial charge on any atom is 0.140 e. The number of hydrogen-bond donors (Lipinski definition) is 0. The van der Waals surface area contributed by atoms with Crippen molar-refractivity contribution in [1.82, 2.24) is 14.8 Å². The van der Waals surface area contributed by atoms with Crippen LogP contribution in [0.1, 0.15) is 42.0 Å². The molecule has 102 valence electrons. The Kier molecular flexibility index (Phi) is 2.52. The van der Waals surface area contributed by atoms with Crippen LogP contribution in [0.4, 0.5) is 0 Å². The second kappa shape index (κ2) is 4.27. The predicted octanol–water partition coefficient (Wildman–Crippen LogP) is 2.65. The van der Waals surface area contributed by atoms with E-state index in [1.54, 1.807) is 0 Å². The normalized spacial score (nSPS) is 18.1. The molecule has 2 aromatic rings. The summed E-state index contributed by atoms with van der Waals surface area (Å²) in [5, 5.41) is 4.80. The van der Waals surface area contributed by atoms with E-state index in [1.165, 1.54) is 24.0 Å². The number of aromatic nitrogens is 3. The van der Waals surface area contributed by atoms with Crippen LogP contribution in [-0.4, -0.2) is 20.5 Å². The monoisotopic (exact) mass is 267 g/mol. The molecular weight excluding hydrogens is 250 g/mol. The molecule has 0 spiro atoms. The number of pyridine rings is 1. The van der Waals surface area contributed by atoms with E-state index in [9.17, 15) is 4.79 Å². The standard InChI is InChI=1S/C16H17N3O/c1-10-4-6-17-9-13(10)16-15(11-2-3-11)14-8-12(20)5-7-19(14)18-16/h4,6,9,11H,2-3,5,7-8H2,1H3. The molecule has 1 fully saturated rings. The third kappa shape index (κ3) is 1.79. The van der Waals surface area contributed by atoms with Crippen LogP contribution in [0, 0.1) is 6.92 Å². The van der Waals surface area contributed by atoms with Crippen molar-refractivity contribution >= 4 is 5.78 Å². The zero-order chi connectivity index (χ0) is 13.7. The fraction of sp³-hybridized carbons (Fsp3) is 0.438. The Morgan fingerprint density at radius 2 is 2.20 bits per heavy atom. The van der Waals surface area contributed by atoms with Gasteiger partial charge in [0.05, 0.1) is 5.69 Å². The molecule has 2 aromatic heterocycles. The van der Waals surface area contributed by atoms with E-state index < -0.39 is 0 Å². The summed E-state index contributed by atoms with van der Waals surface area (Å²) in [4.78, 5) is 16.0. The molecule has 4 rings (SSSR count). The van der Waals surface area contributed by atoms with Gasteiger partial charge in [-0.1, -0.05) is 0 Å². The number of nitrogens with zero attached hydrogens (tertiary/aromatic N) is 3. The lowest BCUT2D eigenvalue weighted by Gasteiger charge is -2.13. The van der Waals surface area contributed by atoms with Gasteiger partial charge >= 0.3 is 0 Å². The van der Waals surface area contributed by atoms with Gasteiger partial charge in [0.2, 0.25) is 0 Å². The molecule has 1 saturated carbocycles. The second-order valence-electron chi connectivity index (χ2n) is 5.86. The summed E-state index contributed by atoms with van der Waals surface area (Å²) in [7, 11) is 0. The molecule has 0 bridgehead atoms. The van der Waals surface area contributed by atoms with Crippen LogP contribution in [0.3, 0.4) is 0 Å². The summed E-state index contributed by atoms with van der Waals surface area (Å²) in [5.74, 6) is 0.938. The largest absolute Gasteiger partial charge is 0.299 e. The number of rotatable bonds is 2. The van der Waals surface area contributed by atoms with Gasteiger partial charge in [0.25, 0.3) is 0 Å². The molecule has 0 atom stereocenters. The topological polar surface area (TPSA) is 47.8 Å². The van der Waals surface area contributed by atoms with Crippen LogP contribution in [0.15, 0.2) is 18.5 Å². The first-order valence-corrected chi connectivity index (χ1v) is 7.26. The molecule has 0 unspecified atom stereocenters. The Labute approximate surface area is 117 Å². The molecule has 4 heteroatoms. The number of fused-ring (bicyclic) bond motifs is 1. The van der Waals surface area contributed by atoms with E-state index in [4.69, 9.17) is 5.10 Å². The lowest BCUT2D eigenvalue weighted by atomic mass is 9.97. The van der Waals surface area contributed by atoms with Gasteiger partial charge in [0, 0.05) is 48.6 Å². The highest BCUT2D eigenvalue weighted by atomic mass is 16.1. The van der Waals surface area contributed by atoms with E-state index >= 15 is 0 Å². The molecule has 1 aliphatic carbocycles. The third-order valence-electron chi connectivity index (χ3n) is 4.35. The van der Waals surface area contributed by atoms with E-state index in [0.29, 0.717) is 24.5 Å². The molecule has 3 heterocycles. The van der Waals surface area contributed by atoms with Crippen molar-refractivity contribution < 1.29 is 4.79 Å². The molecule has 0 radical (unpaired) electrons. The van der Waals surface area contributed by atoms with Crippen molar-refractivity contribution in [2.75, 3.05) is 0 Å². The van der Waals surface area contributed by atoms with E-state index in [1.807, 2.05) is 18.5 Å². The number of aryl methyl sites for hydroxylation is 2. The van der Waals surface area contributed by atoms with Gasteiger partial charge < -0.3 is 0 Å². The molecule has 1 aliphatic heterocycles. The Hall–Kier alpha value is -1.97. The second-order valence-corrected chi connectivity index (χ2v) is 5.86. The maximum atomic E-state index is 11.8. The average Bonchev–Trinajstić information content (AvgIpc) is 3.20. The summed E-state index contributed by atoms with van der Waals surface area (Å²) in [6, 6.07) is 2.02. The lowest BCUT2D eigenvalue weighted by molar-refractivity contribution is -0.119. The zero-order valence-electron chi connectivity index (χ0n) is 11.6. The lowest BCUT2D eigenvalue weighted by Crippen LogP contribution is -2.20. The molecule has 0 amide bonds. The number of carbonyl (C=O) groups is 1. The zero-order valence-corrected chi connectivity index (χ0v) is 11.6. The van der Waals surface area contributed by atoms with Gasteiger partial charge in [0.15, 0.2) is 0 Å². The van der Waals surface area contributed by atoms with Gasteiger partial charge in [-0.2, -0.15) is 5.10 Å². The summed E-state index contributed by atoms with van der Waals surface area (Å²) in [5.41, 5.74) is 5.84. The van der Waals surface area contributed by atoms with E-state index in [0.717, 1.165) is 23.5 Å². The predicted molar refractivity (Wildman–Crippen MR) is 75.5 cm³/mol. The van der Waals surface area contributed by atoms with Crippen LogP contribution >= 0.6 is 0 Å². The smallest absolute Gasteiger partial charge is 0.140 e. The number of Topliss-reactive ketones (excluding diaryl/α,β-unsaturated/α-hetero) is 1. The third-order valence-corrected chi connectivity index (χ3v) is 4.35. The van der Waals surface area contributed by atoms with Gasteiger partial charge in [-0.05, 0) is 37.3 Å². The summed E-state index contributed by atoms with van der Waals surface area (Å²) >= 11 is 0. The van der Waals surface area contributed by atoms with Crippen LogP contribution in [0.5, 0.6) is 0 Å². The van der Waals surface area contributed by atoms with Crippen molar-refractivity contribution in [3.05, 3.63) is 35.3 Å². The van der Waals surface area contributed by atoms with Crippen molar-refractivity contribution in [2.45, 2.75) is 45.1 Å². The molecular formula is C16H17N3O. The van der Waals surface area contributed by atoms with Gasteiger partial charge in [-0.25, -0.2) is 0 Å². The minimum Gasteiger partial charge on any atom is -0.299 e. The Morgan fingerprint density at radius 1 is 1.35 bits per heavy atom. The highest BCUT2D eigenvalue weighted by Crippen LogP contribution is 2.47. The Morgan fingerprint density at radius 3 is 2.95 bits per heavy atom. The van der Waals surface area contributed by atoms with Gasteiger partial charge in [0.1, 0.15) is 5.78 Å². The highest BCUT2D eigenvalue weighted by molar-refractivity contribution is 5.83. The van der Waals surface area contributed by atoms with Crippen molar-refractivity contribution in [3.63, 3.8) is 0 Å². The average molecular weight is 267 g/mol. The van der Waals surface area contributed by atoms with E-state index in [2.05, 4.69) is 16.6 Å². The summed E-state index contributed by atoms with van der Waals surface area (Å²) in [6.45, 7) is 2.82. The Bertz CT molecular complexity index is 698. The van der Waals surface area contributed by atoms with Crippen molar-refractivity contribution in [1.29, 1.82) is 0 Å². The summed E-state index contributed by atoms with van der Waals surface area (Å²) < 4.78 is 2.05. The number of carbonyl (C=O) groups excluding carboxylic acids is 1. The molecule has 0 N–H and O–H groups in total. The molecule has 20 heavy (non-hydrogen) atoms. The molecule has 0 aromatic carbocycles. The van der Waals surface area contributed by atoms with Crippen LogP contribution < -0.4 is 0 Å². The first kappa shape index (κ1) is 11.8. The highest BCUT2D eigenvalue weighted by Gasteiger charge is 2.35.